The molecule has 1 saturated heterocycles. The number of aromatic nitrogens is 2. The van der Waals surface area contributed by atoms with Crippen molar-refractivity contribution in [2.45, 2.75) is 63.7 Å². The van der Waals surface area contributed by atoms with E-state index < -0.39 is 5.60 Å². The lowest BCUT2D eigenvalue weighted by Gasteiger charge is -2.33. The molecule has 2 heterocycles. The number of carbonyl (C=O) groups is 1. The van der Waals surface area contributed by atoms with Gasteiger partial charge in [0.25, 0.3) is 5.89 Å². The Balaban J connectivity index is 1.45. The Labute approximate surface area is 176 Å². The Morgan fingerprint density at radius 2 is 1.93 bits per heavy atom. The highest BCUT2D eigenvalue weighted by molar-refractivity contribution is 7.99. The summed E-state index contributed by atoms with van der Waals surface area (Å²) in [6.07, 6.45) is 1.34. The maximum absolute atomic E-state index is 12.1. The predicted molar refractivity (Wildman–Crippen MR) is 112 cm³/mol. The summed E-state index contributed by atoms with van der Waals surface area (Å²) in [6, 6.07) is 8.09. The van der Waals surface area contributed by atoms with Crippen LogP contribution in [0.1, 0.15) is 46.4 Å². The van der Waals surface area contributed by atoms with Crippen LogP contribution in [-0.2, 0) is 16.1 Å². The molecule has 1 aromatic carbocycles. The highest BCUT2D eigenvalue weighted by Gasteiger charge is 2.27. The van der Waals surface area contributed by atoms with Gasteiger partial charge in [-0.1, -0.05) is 12.1 Å². The number of hydrogen-bond donors (Lipinski definition) is 0. The van der Waals surface area contributed by atoms with E-state index in [4.69, 9.17) is 14.0 Å². The molecule has 1 amide bonds. The van der Waals surface area contributed by atoms with E-state index in [-0.39, 0.29) is 12.2 Å². The molecule has 0 bridgehead atoms. The van der Waals surface area contributed by atoms with E-state index in [1.807, 2.05) is 32.9 Å². The predicted octanol–water partition coefficient (Wildman–Crippen LogP) is 4.76. The lowest BCUT2D eigenvalue weighted by molar-refractivity contribution is -0.0190. The van der Waals surface area contributed by atoms with Crippen LogP contribution in [0.5, 0.6) is 0 Å². The molecular weight excluding hydrogens is 390 g/mol. The second-order valence-corrected chi connectivity index (χ2v) is 9.29. The molecular formula is C21H29N3O4S. The van der Waals surface area contributed by atoms with E-state index in [9.17, 15) is 4.79 Å². The van der Waals surface area contributed by atoms with Crippen molar-refractivity contribution in [3.63, 3.8) is 0 Å². The number of hydrogen-bond acceptors (Lipinski definition) is 7. The average molecular weight is 420 g/mol. The summed E-state index contributed by atoms with van der Waals surface area (Å²) in [5.74, 6) is 2.07. The van der Waals surface area contributed by atoms with Crippen LogP contribution in [0.3, 0.4) is 0 Å². The SMILES string of the molecule is CCSc1ccc(-c2nc(COC3CCN(C(=O)OC(C)(C)C)CC3)no2)cc1. The number of benzene rings is 1. The number of carbonyl (C=O) groups excluding carboxylic acids is 1. The Bertz CT molecular complexity index is 793. The largest absolute Gasteiger partial charge is 0.444 e. The smallest absolute Gasteiger partial charge is 0.410 e. The van der Waals surface area contributed by atoms with E-state index in [1.54, 1.807) is 16.7 Å². The Hall–Kier alpha value is -2.06. The standard InChI is InChI=1S/C21H29N3O4S/c1-5-29-17-8-6-15(7-9-17)19-22-18(23-28-19)14-26-16-10-12-24(13-11-16)20(25)27-21(2,3)4/h6-9,16H,5,10-14H2,1-4H3. The summed E-state index contributed by atoms with van der Waals surface area (Å²) in [7, 11) is 0. The molecule has 1 aliphatic heterocycles. The van der Waals surface area contributed by atoms with Gasteiger partial charge < -0.3 is 18.9 Å². The number of ether oxygens (including phenoxy) is 2. The summed E-state index contributed by atoms with van der Waals surface area (Å²) >= 11 is 1.79. The van der Waals surface area contributed by atoms with E-state index in [2.05, 4.69) is 29.2 Å². The Morgan fingerprint density at radius 3 is 2.55 bits per heavy atom. The molecule has 2 aromatic rings. The highest BCUT2D eigenvalue weighted by Crippen LogP contribution is 2.23. The first-order chi connectivity index (χ1) is 13.8. The van der Waals surface area contributed by atoms with Gasteiger partial charge in [0, 0.05) is 23.5 Å². The third-order valence-electron chi connectivity index (χ3n) is 4.42. The Kier molecular flexibility index (Phi) is 7.18. The fourth-order valence-corrected chi connectivity index (χ4v) is 3.68. The molecule has 0 N–H and O–H groups in total. The topological polar surface area (TPSA) is 77.7 Å². The van der Waals surface area contributed by atoms with Crippen LogP contribution < -0.4 is 0 Å². The quantitative estimate of drug-likeness (QED) is 0.624. The second-order valence-electron chi connectivity index (χ2n) is 7.95. The summed E-state index contributed by atoms with van der Waals surface area (Å²) in [5.41, 5.74) is 0.422. The zero-order chi connectivity index (χ0) is 20.9. The molecule has 29 heavy (non-hydrogen) atoms. The normalized spacial score (nSPS) is 15.5. The number of likely N-dealkylation sites (tertiary alicyclic amines) is 1. The van der Waals surface area contributed by atoms with Crippen LogP contribution in [0, 0.1) is 0 Å². The van der Waals surface area contributed by atoms with Crippen molar-refractivity contribution in [1.29, 1.82) is 0 Å². The lowest BCUT2D eigenvalue weighted by atomic mass is 10.1. The lowest BCUT2D eigenvalue weighted by Crippen LogP contribution is -2.43. The molecule has 0 unspecified atom stereocenters. The minimum Gasteiger partial charge on any atom is -0.444 e. The maximum atomic E-state index is 12.1. The van der Waals surface area contributed by atoms with E-state index in [1.165, 1.54) is 4.90 Å². The van der Waals surface area contributed by atoms with Crippen molar-refractivity contribution in [2.75, 3.05) is 18.8 Å². The van der Waals surface area contributed by atoms with Crippen molar-refractivity contribution in [3.8, 4) is 11.5 Å². The van der Waals surface area contributed by atoms with Gasteiger partial charge in [0.1, 0.15) is 12.2 Å². The summed E-state index contributed by atoms with van der Waals surface area (Å²) in [6.45, 7) is 9.29. The van der Waals surface area contributed by atoms with E-state index in [0.717, 1.165) is 24.2 Å². The summed E-state index contributed by atoms with van der Waals surface area (Å²) in [5, 5.41) is 4.02. The first-order valence-electron chi connectivity index (χ1n) is 9.99. The van der Waals surface area contributed by atoms with Gasteiger partial charge in [-0.05, 0) is 63.6 Å². The molecule has 3 rings (SSSR count). The molecule has 0 atom stereocenters. The van der Waals surface area contributed by atoms with Gasteiger partial charge in [0.05, 0.1) is 6.10 Å². The molecule has 1 fully saturated rings. The molecule has 8 heteroatoms. The molecule has 1 aromatic heterocycles. The van der Waals surface area contributed by atoms with E-state index >= 15 is 0 Å². The van der Waals surface area contributed by atoms with Crippen molar-refractivity contribution in [1.82, 2.24) is 15.0 Å². The first-order valence-corrected chi connectivity index (χ1v) is 11.0. The monoisotopic (exact) mass is 419 g/mol. The molecule has 0 radical (unpaired) electrons. The summed E-state index contributed by atoms with van der Waals surface area (Å²) in [4.78, 5) is 19.5. The molecule has 1 aliphatic rings. The fourth-order valence-electron chi connectivity index (χ4n) is 3.01. The third-order valence-corrected chi connectivity index (χ3v) is 5.32. The molecule has 158 valence electrons. The van der Waals surface area contributed by atoms with Crippen LogP contribution in [0.25, 0.3) is 11.5 Å². The van der Waals surface area contributed by atoms with Gasteiger partial charge in [-0.3, -0.25) is 0 Å². The highest BCUT2D eigenvalue weighted by atomic mass is 32.2. The number of piperidine rings is 1. The van der Waals surface area contributed by atoms with Gasteiger partial charge in [0.2, 0.25) is 0 Å². The fraction of sp³-hybridized carbons (Fsp3) is 0.571. The number of thioether (sulfide) groups is 1. The van der Waals surface area contributed by atoms with Crippen molar-refractivity contribution >= 4 is 17.9 Å². The first kappa shape index (κ1) is 21.6. The molecule has 0 saturated carbocycles. The summed E-state index contributed by atoms with van der Waals surface area (Å²) < 4.78 is 16.7. The third kappa shape index (κ3) is 6.47. The van der Waals surface area contributed by atoms with Crippen molar-refractivity contribution < 1.29 is 18.8 Å². The van der Waals surface area contributed by atoms with Gasteiger partial charge in [-0.25, -0.2) is 4.79 Å². The van der Waals surface area contributed by atoms with Crippen LogP contribution >= 0.6 is 11.8 Å². The number of amides is 1. The molecule has 0 spiro atoms. The van der Waals surface area contributed by atoms with Crippen LogP contribution in [0.2, 0.25) is 0 Å². The maximum Gasteiger partial charge on any atom is 0.410 e. The second kappa shape index (κ2) is 9.63. The van der Waals surface area contributed by atoms with E-state index in [0.29, 0.717) is 31.4 Å². The van der Waals surface area contributed by atoms with Gasteiger partial charge in [-0.2, -0.15) is 4.98 Å². The van der Waals surface area contributed by atoms with Gasteiger partial charge in [-0.15, -0.1) is 11.8 Å². The molecule has 7 nitrogen and oxygen atoms in total. The number of nitrogens with zero attached hydrogens (tertiary/aromatic N) is 3. The Morgan fingerprint density at radius 1 is 1.24 bits per heavy atom. The van der Waals surface area contributed by atoms with Crippen LogP contribution in [0.4, 0.5) is 4.79 Å². The van der Waals surface area contributed by atoms with Gasteiger partial charge >= 0.3 is 6.09 Å². The zero-order valence-corrected chi connectivity index (χ0v) is 18.3. The van der Waals surface area contributed by atoms with Crippen LogP contribution in [0.15, 0.2) is 33.7 Å². The minimum atomic E-state index is -0.476. The van der Waals surface area contributed by atoms with Gasteiger partial charge in [0.15, 0.2) is 5.82 Å². The van der Waals surface area contributed by atoms with Crippen LogP contribution in [-0.4, -0.2) is 51.7 Å². The van der Waals surface area contributed by atoms with Crippen molar-refractivity contribution in [2.24, 2.45) is 0 Å². The van der Waals surface area contributed by atoms with Crippen molar-refractivity contribution in [3.05, 3.63) is 30.1 Å². The zero-order valence-electron chi connectivity index (χ0n) is 17.5. The average Bonchev–Trinajstić information content (AvgIpc) is 3.15. The number of rotatable bonds is 6. The molecule has 0 aliphatic carbocycles. The minimum absolute atomic E-state index is 0.0704.